The fraction of sp³-hybridized carbons (Fsp3) is 0.652. The van der Waals surface area contributed by atoms with E-state index in [1.807, 2.05) is 0 Å². The molecular formula is C23H32N2O2. The summed E-state index contributed by atoms with van der Waals surface area (Å²) in [4.78, 5) is 28.9. The van der Waals surface area contributed by atoms with Crippen molar-refractivity contribution in [1.29, 1.82) is 0 Å². The van der Waals surface area contributed by atoms with Crippen LogP contribution in [0.2, 0.25) is 0 Å². The third kappa shape index (κ3) is 3.44. The van der Waals surface area contributed by atoms with Gasteiger partial charge in [-0.1, -0.05) is 38.1 Å². The van der Waals surface area contributed by atoms with E-state index < -0.39 is 0 Å². The maximum atomic E-state index is 12.3. The first-order valence-corrected chi connectivity index (χ1v) is 10.7. The van der Waals surface area contributed by atoms with Crippen LogP contribution in [0, 0.1) is 5.92 Å². The summed E-state index contributed by atoms with van der Waals surface area (Å²) in [7, 11) is 0. The molecule has 1 spiro atoms. The predicted molar refractivity (Wildman–Crippen MR) is 106 cm³/mol. The molecule has 0 unspecified atom stereocenters. The largest absolute Gasteiger partial charge is 0.303 e. The van der Waals surface area contributed by atoms with Crippen molar-refractivity contribution in [2.45, 2.75) is 70.3 Å². The first kappa shape index (κ1) is 18.7. The van der Waals surface area contributed by atoms with Gasteiger partial charge in [-0.2, -0.15) is 0 Å². The first-order valence-electron chi connectivity index (χ1n) is 10.7. The number of fused-ring (bicyclic) bond motifs is 2. The van der Waals surface area contributed by atoms with Gasteiger partial charge in [-0.15, -0.1) is 0 Å². The molecule has 2 heterocycles. The molecule has 1 aromatic carbocycles. The molecule has 2 aliphatic heterocycles. The second-order valence-electron chi connectivity index (χ2n) is 9.10. The van der Waals surface area contributed by atoms with E-state index in [1.54, 1.807) is 4.90 Å². The van der Waals surface area contributed by atoms with E-state index in [0.717, 1.165) is 31.8 Å². The first-order chi connectivity index (χ1) is 13.0. The summed E-state index contributed by atoms with van der Waals surface area (Å²) in [6, 6.07) is 8.56. The number of carbonyl (C=O) groups excluding carboxylic acids is 2. The van der Waals surface area contributed by atoms with Gasteiger partial charge in [0.2, 0.25) is 11.8 Å². The topological polar surface area (TPSA) is 40.6 Å². The molecule has 0 aromatic heterocycles. The monoisotopic (exact) mass is 368 g/mol. The van der Waals surface area contributed by atoms with Gasteiger partial charge in [0.05, 0.1) is 6.04 Å². The third-order valence-corrected chi connectivity index (χ3v) is 7.03. The lowest BCUT2D eigenvalue weighted by Crippen LogP contribution is -2.47. The SMILES string of the molecule is CC(C)CCN1CCC2(CC[C@H](N3C(=O)CCC3=O)c3ccccc32)CC1. The average Bonchev–Trinajstić information content (AvgIpc) is 3.00. The minimum Gasteiger partial charge on any atom is -0.303 e. The number of amides is 2. The second kappa shape index (κ2) is 7.38. The Morgan fingerprint density at radius 1 is 1.04 bits per heavy atom. The predicted octanol–water partition coefficient (Wildman–Crippen LogP) is 4.05. The van der Waals surface area contributed by atoms with Gasteiger partial charge in [0.1, 0.15) is 0 Å². The fourth-order valence-electron chi connectivity index (χ4n) is 5.35. The Balaban J connectivity index is 1.55. The number of hydrogen-bond donors (Lipinski definition) is 0. The zero-order valence-electron chi connectivity index (χ0n) is 16.7. The van der Waals surface area contributed by atoms with Crippen molar-refractivity contribution >= 4 is 11.8 Å². The highest BCUT2D eigenvalue weighted by Gasteiger charge is 2.45. The van der Waals surface area contributed by atoms with E-state index in [1.165, 1.54) is 36.9 Å². The molecular weight excluding hydrogens is 336 g/mol. The van der Waals surface area contributed by atoms with Gasteiger partial charge in [0.25, 0.3) is 0 Å². The second-order valence-corrected chi connectivity index (χ2v) is 9.10. The summed E-state index contributed by atoms with van der Waals surface area (Å²) >= 11 is 0. The zero-order chi connectivity index (χ0) is 19.0. The molecule has 27 heavy (non-hydrogen) atoms. The Hall–Kier alpha value is -1.68. The Bertz CT molecular complexity index is 703. The average molecular weight is 369 g/mol. The van der Waals surface area contributed by atoms with E-state index in [-0.39, 0.29) is 23.3 Å². The number of hydrogen-bond acceptors (Lipinski definition) is 3. The van der Waals surface area contributed by atoms with Gasteiger partial charge < -0.3 is 4.90 Å². The minimum atomic E-state index is -0.0479. The van der Waals surface area contributed by atoms with Crippen molar-refractivity contribution in [3.63, 3.8) is 0 Å². The minimum absolute atomic E-state index is 0.0132. The Labute approximate surface area is 162 Å². The van der Waals surface area contributed by atoms with Crippen LogP contribution in [0.3, 0.4) is 0 Å². The van der Waals surface area contributed by atoms with Gasteiger partial charge >= 0.3 is 0 Å². The number of rotatable bonds is 4. The molecule has 1 atom stereocenters. The molecule has 4 rings (SSSR count). The van der Waals surface area contributed by atoms with Crippen molar-refractivity contribution < 1.29 is 9.59 Å². The van der Waals surface area contributed by atoms with Crippen LogP contribution in [0.5, 0.6) is 0 Å². The number of likely N-dealkylation sites (tertiary alicyclic amines) is 2. The van der Waals surface area contributed by atoms with Crippen LogP contribution in [-0.2, 0) is 15.0 Å². The molecule has 2 fully saturated rings. The van der Waals surface area contributed by atoms with Crippen molar-refractivity contribution in [2.75, 3.05) is 19.6 Å². The molecule has 0 radical (unpaired) electrons. The lowest BCUT2D eigenvalue weighted by Gasteiger charge is -2.48. The highest BCUT2D eigenvalue weighted by Crippen LogP contribution is 2.50. The highest BCUT2D eigenvalue weighted by molar-refractivity contribution is 6.02. The molecule has 1 aromatic rings. The number of carbonyl (C=O) groups is 2. The molecule has 146 valence electrons. The van der Waals surface area contributed by atoms with Gasteiger partial charge in [-0.25, -0.2) is 0 Å². The lowest BCUT2D eigenvalue weighted by molar-refractivity contribution is -0.141. The summed E-state index contributed by atoms with van der Waals surface area (Å²) in [5.41, 5.74) is 2.85. The molecule has 1 aliphatic carbocycles. The van der Waals surface area contributed by atoms with Crippen LogP contribution in [0.15, 0.2) is 24.3 Å². The fourth-order valence-corrected chi connectivity index (χ4v) is 5.35. The van der Waals surface area contributed by atoms with E-state index >= 15 is 0 Å². The molecule has 4 heteroatoms. The molecule has 2 amide bonds. The number of nitrogens with zero attached hydrogens (tertiary/aromatic N) is 2. The van der Waals surface area contributed by atoms with Crippen LogP contribution >= 0.6 is 0 Å². The van der Waals surface area contributed by atoms with Crippen LogP contribution in [-0.4, -0.2) is 41.2 Å². The standard InChI is InChI=1S/C23H32N2O2/c1-17(2)10-14-24-15-12-23(13-16-24)11-9-20(18-5-3-4-6-19(18)23)25-21(26)7-8-22(25)27/h3-6,17,20H,7-16H2,1-2H3/t20-/m0/s1. The maximum absolute atomic E-state index is 12.3. The number of imide groups is 1. The van der Waals surface area contributed by atoms with Gasteiger partial charge in [-0.05, 0) is 74.2 Å². The number of piperidine rings is 1. The Kier molecular flexibility index (Phi) is 5.11. The molecule has 0 N–H and O–H groups in total. The van der Waals surface area contributed by atoms with Crippen LogP contribution in [0.25, 0.3) is 0 Å². The summed E-state index contributed by atoms with van der Waals surface area (Å²) in [5, 5.41) is 0. The van der Waals surface area contributed by atoms with Crippen LogP contribution < -0.4 is 0 Å². The van der Waals surface area contributed by atoms with E-state index in [9.17, 15) is 9.59 Å². The maximum Gasteiger partial charge on any atom is 0.230 e. The van der Waals surface area contributed by atoms with Crippen molar-refractivity contribution in [3.8, 4) is 0 Å². The zero-order valence-corrected chi connectivity index (χ0v) is 16.7. The Morgan fingerprint density at radius 3 is 2.37 bits per heavy atom. The lowest BCUT2D eigenvalue weighted by atomic mass is 9.63. The van der Waals surface area contributed by atoms with Crippen LogP contribution in [0.4, 0.5) is 0 Å². The van der Waals surface area contributed by atoms with Crippen molar-refractivity contribution in [1.82, 2.24) is 9.80 Å². The normalized spacial score (nSPS) is 25.4. The van der Waals surface area contributed by atoms with E-state index in [2.05, 4.69) is 43.0 Å². The van der Waals surface area contributed by atoms with Gasteiger partial charge in [0, 0.05) is 12.8 Å². The Morgan fingerprint density at radius 2 is 1.70 bits per heavy atom. The number of benzene rings is 1. The summed E-state index contributed by atoms with van der Waals surface area (Å²) in [6.45, 7) is 8.11. The summed E-state index contributed by atoms with van der Waals surface area (Å²) in [5.74, 6) is 0.783. The highest BCUT2D eigenvalue weighted by atomic mass is 16.2. The van der Waals surface area contributed by atoms with E-state index in [4.69, 9.17) is 0 Å². The smallest absolute Gasteiger partial charge is 0.230 e. The quantitative estimate of drug-likeness (QED) is 0.753. The summed E-state index contributed by atoms with van der Waals surface area (Å²) in [6.07, 6.45) is 6.42. The molecule has 0 bridgehead atoms. The molecule has 2 saturated heterocycles. The van der Waals surface area contributed by atoms with Gasteiger partial charge in [0.15, 0.2) is 0 Å². The van der Waals surface area contributed by atoms with Crippen LogP contribution in [0.1, 0.15) is 76.0 Å². The molecule has 3 aliphatic rings. The third-order valence-electron chi connectivity index (χ3n) is 7.03. The molecule has 4 nitrogen and oxygen atoms in total. The summed E-state index contributed by atoms with van der Waals surface area (Å²) < 4.78 is 0. The van der Waals surface area contributed by atoms with Gasteiger partial charge in [-0.3, -0.25) is 14.5 Å². The van der Waals surface area contributed by atoms with Crippen molar-refractivity contribution in [2.24, 2.45) is 5.92 Å². The van der Waals surface area contributed by atoms with Crippen molar-refractivity contribution in [3.05, 3.63) is 35.4 Å². The molecule has 0 saturated carbocycles. The van der Waals surface area contributed by atoms with E-state index in [0.29, 0.717) is 12.8 Å².